The van der Waals surface area contributed by atoms with Gasteiger partial charge in [-0.15, -0.1) is 0 Å². The van der Waals surface area contributed by atoms with Crippen molar-refractivity contribution in [1.82, 2.24) is 9.55 Å². The van der Waals surface area contributed by atoms with E-state index in [1.54, 1.807) is 0 Å². The second-order valence-electron chi connectivity index (χ2n) is 5.40. The molecule has 9 heteroatoms. The van der Waals surface area contributed by atoms with Crippen LogP contribution in [-0.2, 0) is 9.47 Å². The zero-order valence-corrected chi connectivity index (χ0v) is 12.0. The fraction of sp³-hybridized carbons (Fsp3) is 0.692. The maximum atomic E-state index is 12.0. The zero-order chi connectivity index (χ0) is 15.7. The molecule has 0 unspecified atom stereocenters. The van der Waals surface area contributed by atoms with Crippen LogP contribution < -0.4 is 16.1 Å². The first-order chi connectivity index (χ1) is 10.6. The third-order valence-electron chi connectivity index (χ3n) is 4.00. The van der Waals surface area contributed by atoms with Crippen molar-refractivity contribution in [3.63, 3.8) is 0 Å². The Labute approximate surface area is 125 Å². The summed E-state index contributed by atoms with van der Waals surface area (Å²) in [6.45, 7) is 1.84. The number of H-pyrrole nitrogens is 1. The molecule has 3 N–H and O–H groups in total. The number of anilines is 1. The molecule has 2 aliphatic rings. The van der Waals surface area contributed by atoms with Gasteiger partial charge in [0.2, 0.25) is 0 Å². The summed E-state index contributed by atoms with van der Waals surface area (Å²) in [5.74, 6) is 0. The van der Waals surface area contributed by atoms with E-state index in [1.807, 2.05) is 4.90 Å². The lowest BCUT2D eigenvalue weighted by atomic mass is 10.2. The van der Waals surface area contributed by atoms with Crippen LogP contribution in [0.4, 0.5) is 5.69 Å². The number of aliphatic hydroxyl groups excluding tert-OH is 2. The molecule has 3 atom stereocenters. The Kier molecular flexibility index (Phi) is 4.30. The van der Waals surface area contributed by atoms with Gasteiger partial charge in [-0.3, -0.25) is 14.3 Å². The van der Waals surface area contributed by atoms with Gasteiger partial charge < -0.3 is 24.6 Å². The molecular weight excluding hydrogens is 294 g/mol. The SMILES string of the molecule is O=c1[nH]c(=O)n([C@H]2C[C@@H](O)[C@H](CO)O2)cc1N1CCOCC1. The molecule has 0 radical (unpaired) electrons. The highest BCUT2D eigenvalue weighted by Gasteiger charge is 2.35. The van der Waals surface area contributed by atoms with Crippen LogP contribution >= 0.6 is 0 Å². The number of aromatic nitrogens is 2. The third-order valence-corrected chi connectivity index (χ3v) is 4.00. The summed E-state index contributed by atoms with van der Waals surface area (Å²) in [5, 5.41) is 18.9. The molecule has 0 aromatic carbocycles. The fourth-order valence-corrected chi connectivity index (χ4v) is 2.77. The summed E-state index contributed by atoms with van der Waals surface area (Å²) in [4.78, 5) is 28.1. The van der Waals surface area contributed by atoms with Crippen LogP contribution in [0.3, 0.4) is 0 Å². The van der Waals surface area contributed by atoms with E-state index in [4.69, 9.17) is 14.6 Å². The molecule has 0 amide bonds. The van der Waals surface area contributed by atoms with Crippen LogP contribution in [0.25, 0.3) is 0 Å². The van der Waals surface area contributed by atoms with Gasteiger partial charge in [0.1, 0.15) is 18.0 Å². The van der Waals surface area contributed by atoms with Crippen LogP contribution in [0.2, 0.25) is 0 Å². The lowest BCUT2D eigenvalue weighted by Crippen LogP contribution is -2.42. The van der Waals surface area contributed by atoms with E-state index in [1.165, 1.54) is 10.8 Å². The van der Waals surface area contributed by atoms with Crippen molar-refractivity contribution < 1.29 is 19.7 Å². The molecule has 3 rings (SSSR count). The highest BCUT2D eigenvalue weighted by Crippen LogP contribution is 2.27. The minimum Gasteiger partial charge on any atom is -0.394 e. The van der Waals surface area contributed by atoms with E-state index in [-0.39, 0.29) is 13.0 Å². The number of nitrogens with one attached hydrogen (secondary N) is 1. The molecule has 3 heterocycles. The van der Waals surface area contributed by atoms with Crippen LogP contribution in [0.1, 0.15) is 12.6 Å². The summed E-state index contributed by atoms with van der Waals surface area (Å²) in [7, 11) is 0. The highest BCUT2D eigenvalue weighted by molar-refractivity contribution is 5.42. The van der Waals surface area contributed by atoms with Gasteiger partial charge in [-0.05, 0) is 0 Å². The maximum Gasteiger partial charge on any atom is 0.330 e. The van der Waals surface area contributed by atoms with Crippen LogP contribution in [-0.4, -0.2) is 64.9 Å². The summed E-state index contributed by atoms with van der Waals surface area (Å²) < 4.78 is 12.0. The van der Waals surface area contributed by atoms with Gasteiger partial charge in [0, 0.05) is 25.7 Å². The lowest BCUT2D eigenvalue weighted by molar-refractivity contribution is -0.0458. The quantitative estimate of drug-likeness (QED) is 0.591. The first kappa shape index (κ1) is 15.2. The molecule has 0 saturated carbocycles. The number of ether oxygens (including phenoxy) is 2. The summed E-state index contributed by atoms with van der Waals surface area (Å²) >= 11 is 0. The minimum atomic E-state index is -0.847. The van der Waals surface area contributed by atoms with Gasteiger partial charge in [0.15, 0.2) is 0 Å². The van der Waals surface area contributed by atoms with E-state index < -0.39 is 29.7 Å². The third kappa shape index (κ3) is 2.80. The molecule has 1 aromatic rings. The Morgan fingerprint density at radius 1 is 1.32 bits per heavy atom. The van der Waals surface area contributed by atoms with Crippen molar-refractivity contribution in [2.75, 3.05) is 37.8 Å². The predicted octanol–water partition coefficient (Wildman–Crippen LogP) is -1.99. The van der Waals surface area contributed by atoms with E-state index in [2.05, 4.69) is 4.98 Å². The lowest BCUT2D eigenvalue weighted by Gasteiger charge is -2.28. The molecule has 0 aliphatic carbocycles. The Morgan fingerprint density at radius 2 is 2.05 bits per heavy atom. The Bertz CT molecular complexity index is 635. The zero-order valence-electron chi connectivity index (χ0n) is 12.0. The van der Waals surface area contributed by atoms with Crippen molar-refractivity contribution in [3.8, 4) is 0 Å². The number of nitrogens with zero attached hydrogens (tertiary/aromatic N) is 2. The van der Waals surface area contributed by atoms with Crippen LogP contribution in [0, 0.1) is 0 Å². The number of aromatic amines is 1. The number of hydrogen-bond acceptors (Lipinski definition) is 7. The number of aliphatic hydroxyl groups is 2. The van der Waals surface area contributed by atoms with E-state index in [0.717, 1.165) is 0 Å². The van der Waals surface area contributed by atoms with E-state index >= 15 is 0 Å². The number of rotatable bonds is 3. The standard InChI is InChI=1S/C13H19N3O6/c17-7-10-9(18)5-11(22-10)16-6-8(12(19)14-13(16)20)15-1-3-21-4-2-15/h6,9-11,17-18H,1-5,7H2,(H,14,19,20)/t9-,10+,11-/m1/s1. The van der Waals surface area contributed by atoms with Crippen molar-refractivity contribution in [1.29, 1.82) is 0 Å². The van der Waals surface area contributed by atoms with Crippen LogP contribution in [0.15, 0.2) is 15.8 Å². The first-order valence-corrected chi connectivity index (χ1v) is 7.22. The van der Waals surface area contributed by atoms with Gasteiger partial charge in [-0.2, -0.15) is 0 Å². The maximum absolute atomic E-state index is 12.0. The van der Waals surface area contributed by atoms with Crippen LogP contribution in [0.5, 0.6) is 0 Å². The van der Waals surface area contributed by atoms with Gasteiger partial charge >= 0.3 is 5.69 Å². The molecular formula is C13H19N3O6. The molecule has 0 bridgehead atoms. The summed E-state index contributed by atoms with van der Waals surface area (Å²) in [6, 6.07) is 0. The second-order valence-corrected chi connectivity index (χ2v) is 5.40. The summed E-state index contributed by atoms with van der Waals surface area (Å²) in [6.07, 6.45) is -0.656. The van der Waals surface area contributed by atoms with Crippen molar-refractivity contribution >= 4 is 5.69 Å². The average molecular weight is 313 g/mol. The molecule has 9 nitrogen and oxygen atoms in total. The molecule has 2 saturated heterocycles. The Hall–Kier alpha value is -1.68. The normalized spacial score (nSPS) is 29.0. The first-order valence-electron chi connectivity index (χ1n) is 7.22. The molecule has 2 fully saturated rings. The topological polar surface area (TPSA) is 117 Å². The second kappa shape index (κ2) is 6.21. The minimum absolute atomic E-state index is 0.180. The Morgan fingerprint density at radius 3 is 2.68 bits per heavy atom. The van der Waals surface area contributed by atoms with E-state index in [9.17, 15) is 14.7 Å². The molecule has 122 valence electrons. The van der Waals surface area contributed by atoms with Gasteiger partial charge in [-0.25, -0.2) is 4.79 Å². The van der Waals surface area contributed by atoms with Crippen molar-refractivity contribution in [3.05, 3.63) is 27.0 Å². The highest BCUT2D eigenvalue weighted by atomic mass is 16.5. The largest absolute Gasteiger partial charge is 0.394 e. The molecule has 2 aliphatic heterocycles. The smallest absolute Gasteiger partial charge is 0.330 e. The Balaban J connectivity index is 1.91. The van der Waals surface area contributed by atoms with Gasteiger partial charge in [-0.1, -0.05) is 0 Å². The molecule has 22 heavy (non-hydrogen) atoms. The monoisotopic (exact) mass is 313 g/mol. The van der Waals surface area contributed by atoms with Gasteiger partial charge in [0.25, 0.3) is 5.56 Å². The predicted molar refractivity (Wildman–Crippen MR) is 76.0 cm³/mol. The average Bonchev–Trinajstić information content (AvgIpc) is 2.89. The number of hydrogen-bond donors (Lipinski definition) is 3. The van der Waals surface area contributed by atoms with Crippen molar-refractivity contribution in [2.45, 2.75) is 24.9 Å². The van der Waals surface area contributed by atoms with Gasteiger partial charge in [0.05, 0.1) is 25.9 Å². The molecule has 0 spiro atoms. The van der Waals surface area contributed by atoms with Crippen molar-refractivity contribution in [2.24, 2.45) is 0 Å². The molecule has 1 aromatic heterocycles. The number of morpholine rings is 1. The summed E-state index contributed by atoms with van der Waals surface area (Å²) in [5.41, 5.74) is -0.688. The van der Waals surface area contributed by atoms with E-state index in [0.29, 0.717) is 32.0 Å². The fourth-order valence-electron chi connectivity index (χ4n) is 2.77.